The third-order valence-corrected chi connectivity index (χ3v) is 11.6. The number of rotatable bonds is 6. The topological polar surface area (TPSA) is 114 Å². The summed E-state index contributed by atoms with van der Waals surface area (Å²) in [6.07, 6.45) is 6.56. The van der Waals surface area contributed by atoms with Gasteiger partial charge in [-0.1, -0.05) is 6.07 Å². The van der Waals surface area contributed by atoms with E-state index in [0.29, 0.717) is 57.9 Å². The molecule has 0 aliphatic carbocycles. The molecular formula is C34H45N7O4S. The van der Waals surface area contributed by atoms with Gasteiger partial charge in [0.2, 0.25) is 0 Å². The van der Waals surface area contributed by atoms with Crippen molar-refractivity contribution >= 4 is 46.0 Å². The molecule has 3 fully saturated rings. The molecule has 11 nitrogen and oxygen atoms in total. The second-order valence-electron chi connectivity index (χ2n) is 13.7. The molecule has 0 bridgehead atoms. The summed E-state index contributed by atoms with van der Waals surface area (Å²) in [6.45, 7) is 7.29. The molecule has 12 heteroatoms. The van der Waals surface area contributed by atoms with Gasteiger partial charge in [-0.25, -0.2) is 9.59 Å². The number of hydrogen-bond donors (Lipinski definition) is 2. The fraction of sp³-hybridized carbons (Fsp3) is 0.588. The van der Waals surface area contributed by atoms with Crippen molar-refractivity contribution in [1.82, 2.24) is 29.8 Å². The summed E-state index contributed by atoms with van der Waals surface area (Å²) in [5.74, 6) is 1.28. The lowest BCUT2D eigenvalue weighted by Crippen LogP contribution is -2.52. The number of H-pyrrole nitrogens is 1. The summed E-state index contributed by atoms with van der Waals surface area (Å²) in [6, 6.07) is 4.04. The third kappa shape index (κ3) is 6.46. The van der Waals surface area contributed by atoms with Crippen LogP contribution in [0.5, 0.6) is 0 Å². The summed E-state index contributed by atoms with van der Waals surface area (Å²) in [7, 11) is 2.19. The number of amides is 4. The minimum absolute atomic E-state index is 0.0463. The number of piperidine rings is 3. The molecule has 7 rings (SSSR count). The third-order valence-electron chi connectivity index (χ3n) is 10.8. The number of carbonyl (C=O) groups is 3. The Bertz CT molecular complexity index is 1560. The zero-order valence-corrected chi connectivity index (χ0v) is 27.7. The number of aromatic nitrogens is 2. The molecule has 2 aromatic heterocycles. The molecule has 46 heavy (non-hydrogen) atoms. The molecular weight excluding hydrogens is 602 g/mol. The lowest BCUT2D eigenvalue weighted by molar-refractivity contribution is -0.142. The van der Waals surface area contributed by atoms with Gasteiger partial charge < -0.3 is 29.7 Å². The van der Waals surface area contributed by atoms with Gasteiger partial charge in [-0.2, -0.15) is 5.10 Å². The zero-order chi connectivity index (χ0) is 31.8. The molecule has 2 N–H and O–H groups in total. The van der Waals surface area contributed by atoms with Crippen LogP contribution in [0.3, 0.4) is 0 Å². The minimum atomic E-state index is -0.904. The fourth-order valence-electron chi connectivity index (χ4n) is 7.97. The molecule has 3 saturated heterocycles. The predicted octanol–water partition coefficient (Wildman–Crippen LogP) is 5.07. The number of likely N-dealkylation sites (tertiary alicyclic amines) is 3. The predicted molar refractivity (Wildman–Crippen MR) is 178 cm³/mol. The molecule has 6 heterocycles. The molecule has 0 spiro atoms. The highest BCUT2D eigenvalue weighted by Crippen LogP contribution is 2.33. The Labute approximate surface area is 274 Å². The van der Waals surface area contributed by atoms with Crippen molar-refractivity contribution in [2.75, 3.05) is 51.6 Å². The lowest BCUT2D eigenvalue weighted by atomic mass is 9.79. The molecule has 246 valence electrons. The number of aromatic amines is 1. The van der Waals surface area contributed by atoms with Gasteiger partial charge in [0.15, 0.2) is 6.10 Å². The van der Waals surface area contributed by atoms with Crippen LogP contribution in [-0.4, -0.2) is 106 Å². The first-order valence-corrected chi connectivity index (χ1v) is 17.7. The van der Waals surface area contributed by atoms with Crippen LogP contribution >= 0.6 is 11.3 Å². The zero-order valence-electron chi connectivity index (χ0n) is 26.9. The largest absolute Gasteiger partial charge is 0.436 e. The molecule has 1 atom stereocenters. The van der Waals surface area contributed by atoms with E-state index in [9.17, 15) is 14.4 Å². The van der Waals surface area contributed by atoms with Crippen LogP contribution in [0, 0.1) is 18.8 Å². The first-order valence-electron chi connectivity index (χ1n) is 16.8. The number of ether oxygens (including phenoxy) is 1. The van der Waals surface area contributed by atoms with E-state index in [0.717, 1.165) is 65.1 Å². The van der Waals surface area contributed by atoms with Crippen molar-refractivity contribution < 1.29 is 19.1 Å². The van der Waals surface area contributed by atoms with E-state index in [-0.39, 0.29) is 18.0 Å². The van der Waals surface area contributed by atoms with Gasteiger partial charge in [0, 0.05) is 55.0 Å². The van der Waals surface area contributed by atoms with Crippen molar-refractivity contribution in [3.05, 3.63) is 45.8 Å². The Hall–Kier alpha value is -3.64. The van der Waals surface area contributed by atoms with Crippen LogP contribution in [0.1, 0.15) is 55.2 Å². The van der Waals surface area contributed by atoms with E-state index >= 15 is 0 Å². The van der Waals surface area contributed by atoms with Gasteiger partial charge in [-0.3, -0.25) is 9.89 Å². The summed E-state index contributed by atoms with van der Waals surface area (Å²) >= 11 is 1.59. The number of thiophene rings is 1. The maximum absolute atomic E-state index is 14.1. The van der Waals surface area contributed by atoms with E-state index in [4.69, 9.17) is 4.74 Å². The van der Waals surface area contributed by atoms with E-state index in [1.165, 1.54) is 12.8 Å². The molecule has 1 aromatic carbocycles. The van der Waals surface area contributed by atoms with E-state index in [1.54, 1.807) is 22.4 Å². The fourth-order valence-corrected chi connectivity index (χ4v) is 8.75. The van der Waals surface area contributed by atoms with Crippen molar-refractivity contribution in [2.45, 2.75) is 70.6 Å². The average Bonchev–Trinajstić information content (AvgIpc) is 3.74. The highest BCUT2D eigenvalue weighted by Gasteiger charge is 2.37. The number of nitrogens with zero attached hydrogens (tertiary/aromatic N) is 5. The Morgan fingerprint density at radius 3 is 2.41 bits per heavy atom. The van der Waals surface area contributed by atoms with Gasteiger partial charge in [-0.15, -0.1) is 11.3 Å². The number of carbonyl (C=O) groups excluding carboxylic acids is 3. The lowest BCUT2D eigenvalue weighted by Gasteiger charge is -2.41. The highest BCUT2D eigenvalue weighted by atomic mass is 32.1. The number of nitrogens with one attached hydrogen (secondary N) is 2. The van der Waals surface area contributed by atoms with Crippen LogP contribution in [0.4, 0.5) is 15.3 Å². The number of hydrogen-bond acceptors (Lipinski definition) is 7. The maximum Gasteiger partial charge on any atom is 0.410 e. The number of urea groups is 1. The van der Waals surface area contributed by atoms with E-state index in [1.807, 2.05) is 28.2 Å². The van der Waals surface area contributed by atoms with Gasteiger partial charge in [0.05, 0.1) is 23.9 Å². The summed E-state index contributed by atoms with van der Waals surface area (Å²) in [4.78, 5) is 48.4. The number of fused-ring (bicyclic) bond motifs is 2. The quantitative estimate of drug-likeness (QED) is 0.386. The van der Waals surface area contributed by atoms with Crippen LogP contribution in [0.15, 0.2) is 29.1 Å². The van der Waals surface area contributed by atoms with Crippen LogP contribution < -0.4 is 5.32 Å². The Kier molecular flexibility index (Phi) is 8.91. The Morgan fingerprint density at radius 2 is 1.67 bits per heavy atom. The Balaban J connectivity index is 1.00. The van der Waals surface area contributed by atoms with Gasteiger partial charge >= 0.3 is 12.1 Å². The molecule has 0 unspecified atom stereocenters. The molecule has 4 aliphatic heterocycles. The van der Waals surface area contributed by atoms with Crippen molar-refractivity contribution in [1.29, 1.82) is 0 Å². The molecule has 0 radical (unpaired) electrons. The number of aryl methyl sites for hydroxylation is 1. The first-order chi connectivity index (χ1) is 22.3. The average molecular weight is 648 g/mol. The molecule has 4 amide bonds. The number of benzene rings is 1. The van der Waals surface area contributed by atoms with Gasteiger partial charge in [0.25, 0.3) is 5.91 Å². The van der Waals surface area contributed by atoms with Crippen LogP contribution in [0.2, 0.25) is 0 Å². The van der Waals surface area contributed by atoms with Crippen molar-refractivity contribution in [3.63, 3.8) is 0 Å². The SMILES string of the molecule is Cc1cc(C[C@@H](OC(=O)N2CCC(N3Cc4cscc4NC3=O)CC2)C(=O)N2CCC(C3CCN(C)CC3)CC2)cc2cn[nH]c12. The molecule has 4 aliphatic rings. The summed E-state index contributed by atoms with van der Waals surface area (Å²) in [5, 5.41) is 15.2. The standard InChI is InChI=1S/C34H45N7O4S/c1-22-15-23(16-26-18-35-37-31(22)26)17-30(32(42)39-11-5-25(6-12-39)24-3-9-38(2)10-4-24)45-34(44)40-13-7-28(8-14-40)41-19-27-20-46-21-29(27)36-33(41)43/h15-16,18,20-21,24-25,28,30H,3-14,17,19H2,1-2H3,(H,35,37)(H,36,43)/t30-/m1/s1. The monoisotopic (exact) mass is 647 g/mol. The highest BCUT2D eigenvalue weighted by molar-refractivity contribution is 7.08. The molecule has 0 saturated carbocycles. The second kappa shape index (κ2) is 13.2. The second-order valence-corrected chi connectivity index (χ2v) is 14.5. The van der Waals surface area contributed by atoms with Gasteiger partial charge in [0.1, 0.15) is 0 Å². The van der Waals surface area contributed by atoms with Crippen molar-refractivity contribution in [3.8, 4) is 0 Å². The summed E-state index contributed by atoms with van der Waals surface area (Å²) in [5.41, 5.74) is 4.99. The minimum Gasteiger partial charge on any atom is -0.436 e. The van der Waals surface area contributed by atoms with E-state index in [2.05, 4.69) is 38.9 Å². The maximum atomic E-state index is 14.1. The smallest absolute Gasteiger partial charge is 0.410 e. The summed E-state index contributed by atoms with van der Waals surface area (Å²) < 4.78 is 6.11. The van der Waals surface area contributed by atoms with Crippen LogP contribution in [0.25, 0.3) is 10.9 Å². The van der Waals surface area contributed by atoms with Crippen LogP contribution in [-0.2, 0) is 22.5 Å². The first kappa shape index (κ1) is 31.0. The van der Waals surface area contributed by atoms with Crippen molar-refractivity contribution in [2.24, 2.45) is 11.8 Å². The van der Waals surface area contributed by atoms with Gasteiger partial charge in [-0.05, 0) is 100.0 Å². The normalized spacial score (nSPS) is 21.3. The molecule has 3 aromatic rings. The Morgan fingerprint density at radius 1 is 0.978 bits per heavy atom. The number of anilines is 1. The van der Waals surface area contributed by atoms with E-state index < -0.39 is 12.2 Å².